The highest BCUT2D eigenvalue weighted by atomic mass is 16.6. The van der Waals surface area contributed by atoms with Crippen LogP contribution >= 0.6 is 0 Å². The maximum atomic E-state index is 14.6. The van der Waals surface area contributed by atoms with E-state index in [2.05, 4.69) is 68.4 Å². The van der Waals surface area contributed by atoms with Gasteiger partial charge in [0.2, 0.25) is 17.3 Å². The lowest BCUT2D eigenvalue weighted by atomic mass is 9.77. The Hall–Kier alpha value is -10.5. The zero-order chi connectivity index (χ0) is 105. The Labute approximate surface area is 853 Å². The highest BCUT2D eigenvalue weighted by Gasteiger charge is 2.77. The smallest absolute Gasteiger partial charge is 0.331 e. The van der Waals surface area contributed by atoms with Gasteiger partial charge in [0.25, 0.3) is 0 Å². The Balaban J connectivity index is 0.000000146. The summed E-state index contributed by atoms with van der Waals surface area (Å²) in [6, 6.07) is 28.0. The van der Waals surface area contributed by atoms with Gasteiger partial charge in [-0.1, -0.05) is 215 Å². The molecule has 0 radical (unpaired) electrons. The van der Waals surface area contributed by atoms with Crippen molar-refractivity contribution >= 4 is 89.4 Å². The molecule has 0 amide bonds. The van der Waals surface area contributed by atoms with E-state index in [0.717, 1.165) is 79.2 Å². The van der Waals surface area contributed by atoms with Gasteiger partial charge < -0.3 is 67.5 Å². The highest BCUT2D eigenvalue weighted by Crippen LogP contribution is 2.70. The summed E-state index contributed by atoms with van der Waals surface area (Å²) in [5.41, 5.74) is -0.725. The van der Waals surface area contributed by atoms with Crippen molar-refractivity contribution in [3.63, 3.8) is 0 Å². The molecule has 0 bridgehead atoms. The van der Waals surface area contributed by atoms with Gasteiger partial charge in [-0.3, -0.25) is 33.6 Å². The van der Waals surface area contributed by atoms with Crippen LogP contribution in [0.4, 0.5) is 0 Å². The zero-order valence-electron chi connectivity index (χ0n) is 88.1. The molecule has 3 aromatic carbocycles. The highest BCUT2D eigenvalue weighted by molar-refractivity contribution is 6.07. The lowest BCUT2D eigenvalue weighted by Gasteiger charge is -2.35. The van der Waals surface area contributed by atoms with Gasteiger partial charge in [0, 0.05) is 99.8 Å². The number of rotatable bonds is 20. The number of allylic oxidation sites excluding steroid dienone is 8. The number of benzene rings is 3. The number of unbranched alkanes of at least 4 members (excludes halogenated alkanes) is 1. The van der Waals surface area contributed by atoms with Crippen molar-refractivity contribution in [2.75, 3.05) is 13.2 Å². The lowest BCUT2D eigenvalue weighted by Crippen LogP contribution is -2.52. The molecule has 3 aliphatic heterocycles. The number of ketones is 4. The second kappa shape index (κ2) is 41.9. The minimum atomic E-state index is -1.68. The van der Waals surface area contributed by atoms with Crippen molar-refractivity contribution in [1.29, 1.82) is 0 Å². The fourth-order valence-corrected chi connectivity index (χ4v) is 26.8. The molecule has 11 fully saturated rings. The molecule has 31 atom stereocenters. The van der Waals surface area contributed by atoms with Gasteiger partial charge in [-0.15, -0.1) is 0 Å². The van der Waals surface area contributed by atoms with Gasteiger partial charge in [0.1, 0.15) is 18.5 Å². The van der Waals surface area contributed by atoms with E-state index in [9.17, 15) is 72.9 Å². The number of carbonyl (C=O) groups is 12. The van der Waals surface area contributed by atoms with E-state index < -0.39 is 148 Å². The fourth-order valence-electron chi connectivity index (χ4n) is 26.8. The van der Waals surface area contributed by atoms with Crippen LogP contribution in [-0.2, 0) is 105 Å². The Bertz CT molecular complexity index is 5800. The molecule has 3 N–H and O–H groups in total. The predicted octanol–water partition coefficient (Wildman–Crippen LogP) is 18.2. The lowest BCUT2D eigenvalue weighted by molar-refractivity contribution is -0.171. The molecular formula is C120H150O25. The largest absolute Gasteiger partial charge is 0.465 e. The number of esters is 7. The third-order valence-corrected chi connectivity index (χ3v) is 35.9. The van der Waals surface area contributed by atoms with Crippen LogP contribution in [-0.4, -0.2) is 182 Å². The number of epoxide rings is 3. The number of hydrogen-bond acceptors (Lipinski definition) is 25. The van der Waals surface area contributed by atoms with Gasteiger partial charge >= 0.3 is 41.8 Å². The quantitative estimate of drug-likeness (QED) is 0.0180. The monoisotopic (exact) mass is 1990 g/mol. The number of aldehydes is 1. The average molecular weight is 1990 g/mol. The minimum Gasteiger partial charge on any atom is -0.465 e. The van der Waals surface area contributed by atoms with Crippen LogP contribution in [0.5, 0.6) is 0 Å². The van der Waals surface area contributed by atoms with Crippen molar-refractivity contribution in [2.24, 2.45) is 122 Å². The Morgan fingerprint density at radius 3 is 1.24 bits per heavy atom. The van der Waals surface area contributed by atoms with Crippen LogP contribution in [0, 0.1) is 122 Å². The van der Waals surface area contributed by atoms with Crippen LogP contribution in [0.15, 0.2) is 192 Å². The van der Waals surface area contributed by atoms with E-state index in [1.54, 1.807) is 45.1 Å². The molecule has 4 unspecified atom stereocenters. The second-order valence-electron chi connectivity index (χ2n) is 47.2. The van der Waals surface area contributed by atoms with Crippen molar-refractivity contribution in [2.45, 2.75) is 305 Å². The number of Topliss-reactive ketones (excluding diaryl/α,β-unsaturated/α-hetero) is 4. The molecule has 3 saturated heterocycles. The number of ether oxygens (including phenoxy) is 10. The first-order valence-electron chi connectivity index (χ1n) is 52.3. The van der Waals surface area contributed by atoms with Gasteiger partial charge in [-0.05, 0) is 239 Å². The number of fused-ring (bicyclic) bond motifs is 14. The molecule has 25 nitrogen and oxygen atoms in total. The van der Waals surface area contributed by atoms with Crippen LogP contribution < -0.4 is 0 Å². The van der Waals surface area contributed by atoms with E-state index in [4.69, 9.17) is 47.4 Å². The molecule has 3 aromatic rings. The standard InChI is InChI=1S/C33H40O8.C31H38O7.C29H34O6.C27H38O4/c1-19-16-25-24(31(25,4)5)14-15-32(6)30(41-32)27-28(39-21(3)35)23(18-38-20(2)34)17-33(27,29(19)37)40-26(36)13-12-22-10-8-7-9-11-22;1-18-15-23-22(29(23,3)4)13-14-30(5)28(38-30)25-26(34)21(17-36-19(2)32)16-31(25,27(18)35)37-24(33)12-11-20-9-7-6-8-10-20;1-17-14-21-20(27(21,2)3)12-13-28(4)26(35-28)23-24(32)19(16-30)15-29(23,25(17)33)34-22(31)11-10-18-8-6-5-7-9-18;1-7-8-9-10-11-12-22(28)31-26-18(4)14-20-19(13-16(2)24(20)29)25(30)17(3)15-21-23(26)27(21,5)6/h7-13,16,23-25,27-28,30H,14-15,17-18H2,1-6H3;6-12,15,21-23,25-26,28,34H,13-14,16-17H2,1-5H3;5-11,14,16,19-21,23-24,26,32H,12-13,15H2,1-4H3;9-12,14-16,19-21,23-24,26,29H,7-8,13H2,1-6H3/b13-12+,19-16+;12-11+,18-15+;11-10+,17-14+;10-9-,12-11+,17-15+,18-14+/t23-,24+,25-,27-,28+,30-,32-,33?;21-,22+,23-,25-,26+,28-,30-,31?;19-,20+,21-,23-,24+,26-,28-,29?;16-,19?,20-,21-,23-,24+,26+/m1110/s1. The normalized spacial score (nSPS) is 40.6. The fraction of sp³-hybridized carbons (Fsp3) is 0.583. The first-order chi connectivity index (χ1) is 68.3. The number of aliphatic hydroxyl groups excluding tert-OH is 3. The number of hydrogen-bond donors (Lipinski definition) is 3. The van der Waals surface area contributed by atoms with Crippen molar-refractivity contribution in [3.05, 3.63) is 208 Å². The first-order valence-corrected chi connectivity index (χ1v) is 52.3. The van der Waals surface area contributed by atoms with Gasteiger partial charge in [0.15, 0.2) is 22.6 Å². The van der Waals surface area contributed by atoms with E-state index >= 15 is 0 Å². The molecule has 3 heterocycles. The number of aliphatic hydroxyl groups is 3. The molecule has 12 aliphatic carbocycles. The molecule has 18 rings (SSSR count). The summed E-state index contributed by atoms with van der Waals surface area (Å²) in [6.45, 7) is 40.7. The van der Waals surface area contributed by atoms with Gasteiger partial charge in [0.05, 0.1) is 84.4 Å². The Kier molecular flexibility index (Phi) is 31.4. The van der Waals surface area contributed by atoms with Crippen LogP contribution in [0.1, 0.15) is 239 Å². The maximum Gasteiger partial charge on any atom is 0.331 e. The molecule has 8 saturated carbocycles. The first kappa shape index (κ1) is 109. The SMILES string of the molecule is C/C1=C\[C@@H]2[C@H](CC[C@@]3(C)O[C@@H]3[C@H]3[C@@H](O)[C@@H](C=O)CC3(OC(=O)/C=C/c3ccccc3)C1=O)C2(C)C.CC(=O)OC[C@H]1CC2(OC(=O)/C=C/c3ccccc3)C(=O)/C(C)=C/[C@@H]3[C@H](CC[C@@]4(C)O[C@@H]4[C@H]2[C@H]1O)C3(C)C.CC(=O)OC[C@H]1CC2(OC(=O)/C=C/c3ccccc3)C(=O)/C(C)=C/[C@@H]3[C@H](CC[C@@]4(C)O[C@@H]4[C@H]2[C@H]1OC(C)=O)C3(C)C.CCC/C=C\C=C\C(=O)O[C@@H]1/C(C)=C/[C@H]2C(C[C@H](C)[C@H]2O)C(=O)/C(C)=C/[C@H]2[C@@H]1C2(C)C. The topological polar surface area (TPSA) is 368 Å². The predicted molar refractivity (Wildman–Crippen MR) is 544 cm³/mol. The molecule has 145 heavy (non-hydrogen) atoms. The van der Waals surface area contributed by atoms with Crippen molar-refractivity contribution < 1.29 is 120 Å². The van der Waals surface area contributed by atoms with Crippen LogP contribution in [0.2, 0.25) is 0 Å². The second-order valence-corrected chi connectivity index (χ2v) is 47.2. The summed E-state index contributed by atoms with van der Waals surface area (Å²) in [6.07, 6.45) is 29.4. The van der Waals surface area contributed by atoms with E-state index in [-0.39, 0.29) is 137 Å². The summed E-state index contributed by atoms with van der Waals surface area (Å²) in [7, 11) is 0. The van der Waals surface area contributed by atoms with E-state index in [0.29, 0.717) is 47.2 Å². The summed E-state index contributed by atoms with van der Waals surface area (Å²) in [5, 5.41) is 33.5. The van der Waals surface area contributed by atoms with E-state index in [1.807, 2.05) is 169 Å². The summed E-state index contributed by atoms with van der Waals surface area (Å²) >= 11 is 0. The zero-order valence-corrected chi connectivity index (χ0v) is 88.1. The average Bonchev–Trinajstić information content (AvgIpc) is 1.54. The van der Waals surface area contributed by atoms with E-state index in [1.165, 1.54) is 45.1 Å². The van der Waals surface area contributed by atoms with Gasteiger partial charge in [-0.2, -0.15) is 0 Å². The van der Waals surface area contributed by atoms with Crippen molar-refractivity contribution in [3.8, 4) is 0 Å². The maximum absolute atomic E-state index is 14.6. The molecule has 15 aliphatic rings. The Morgan fingerprint density at radius 1 is 0.434 bits per heavy atom. The van der Waals surface area contributed by atoms with Crippen LogP contribution in [0.25, 0.3) is 18.2 Å². The summed E-state index contributed by atoms with van der Waals surface area (Å²) < 4.78 is 59.6. The third-order valence-electron chi connectivity index (χ3n) is 35.9. The summed E-state index contributed by atoms with van der Waals surface area (Å²) in [4.78, 5) is 156. The van der Waals surface area contributed by atoms with Gasteiger partial charge in [-0.25, -0.2) is 19.2 Å². The third kappa shape index (κ3) is 22.2. The summed E-state index contributed by atoms with van der Waals surface area (Å²) in [5.74, 6) is -7.08. The minimum absolute atomic E-state index is 0.0330. The molecular weight excluding hydrogens is 1840 g/mol. The number of carbonyl (C=O) groups excluding carboxylic acids is 12. The van der Waals surface area contributed by atoms with Crippen LogP contribution in [0.3, 0.4) is 0 Å². The molecule has 0 aromatic heterocycles. The van der Waals surface area contributed by atoms with Crippen molar-refractivity contribution in [1.82, 2.24) is 0 Å². The molecule has 0 spiro atoms. The molecule has 780 valence electrons. The molecule has 25 heteroatoms. The Morgan fingerprint density at radius 2 is 0.828 bits per heavy atom.